The van der Waals surface area contributed by atoms with Crippen LogP contribution in [0.1, 0.15) is 5.56 Å². The highest BCUT2D eigenvalue weighted by Crippen LogP contribution is 2.39. The molecule has 0 saturated carbocycles. The number of hydrogen-bond donors (Lipinski definition) is 0. The number of ether oxygens (including phenoxy) is 3. The molecule has 0 unspecified atom stereocenters. The summed E-state index contributed by atoms with van der Waals surface area (Å²) in [6.07, 6.45) is 0. The molecule has 120 valence electrons. The molecule has 0 aliphatic carbocycles. The molecule has 0 radical (unpaired) electrons. The number of hydrogen-bond acceptors (Lipinski definition) is 4. The highest BCUT2D eigenvalue weighted by atomic mass is 35.5. The number of methoxy groups -OCH3 is 2. The molecule has 0 fully saturated rings. The van der Waals surface area contributed by atoms with Gasteiger partial charge in [0, 0.05) is 16.7 Å². The summed E-state index contributed by atoms with van der Waals surface area (Å²) in [6, 6.07) is 10.8. The number of fused-ring (bicyclic) bond motifs is 1. The van der Waals surface area contributed by atoms with Crippen LogP contribution in [0.2, 0.25) is 5.02 Å². The summed E-state index contributed by atoms with van der Waals surface area (Å²) in [5, 5.41) is 0.526. The zero-order valence-electron chi connectivity index (χ0n) is 12.8. The van der Waals surface area contributed by atoms with Gasteiger partial charge in [-0.2, -0.15) is 0 Å². The van der Waals surface area contributed by atoms with Crippen molar-refractivity contribution in [2.45, 2.75) is 6.54 Å². The van der Waals surface area contributed by atoms with Crippen molar-refractivity contribution >= 4 is 23.2 Å². The summed E-state index contributed by atoms with van der Waals surface area (Å²) >= 11 is 6.14. The van der Waals surface area contributed by atoms with Crippen LogP contribution in [0, 0.1) is 0 Å². The molecule has 3 rings (SSSR count). The van der Waals surface area contributed by atoms with Crippen molar-refractivity contribution in [3.63, 3.8) is 0 Å². The van der Waals surface area contributed by atoms with Crippen molar-refractivity contribution in [3.8, 4) is 17.2 Å². The average molecular weight is 334 g/mol. The fourth-order valence-electron chi connectivity index (χ4n) is 2.60. The van der Waals surface area contributed by atoms with Gasteiger partial charge in [0.05, 0.1) is 26.5 Å². The number of carbonyl (C=O) groups is 1. The lowest BCUT2D eigenvalue weighted by Gasteiger charge is -2.22. The molecule has 1 aliphatic rings. The van der Waals surface area contributed by atoms with Crippen LogP contribution in [0.3, 0.4) is 0 Å². The molecule has 0 spiro atoms. The first kappa shape index (κ1) is 15.5. The van der Waals surface area contributed by atoms with Crippen LogP contribution in [-0.4, -0.2) is 26.7 Å². The minimum Gasteiger partial charge on any atom is -0.495 e. The number of para-hydroxylation sites is 2. The van der Waals surface area contributed by atoms with Crippen molar-refractivity contribution in [1.29, 1.82) is 0 Å². The van der Waals surface area contributed by atoms with E-state index < -0.39 is 0 Å². The second kappa shape index (κ2) is 6.38. The van der Waals surface area contributed by atoms with Gasteiger partial charge in [-0.25, -0.2) is 0 Å². The molecule has 0 aromatic heterocycles. The number of benzene rings is 2. The predicted octanol–water partition coefficient (Wildman–Crippen LogP) is 3.28. The van der Waals surface area contributed by atoms with E-state index in [2.05, 4.69) is 0 Å². The minimum absolute atomic E-state index is 0.0803. The van der Waals surface area contributed by atoms with Crippen molar-refractivity contribution in [2.24, 2.45) is 0 Å². The van der Waals surface area contributed by atoms with Crippen molar-refractivity contribution in [1.82, 2.24) is 0 Å². The van der Waals surface area contributed by atoms with Gasteiger partial charge in [0.1, 0.15) is 5.75 Å². The third-order valence-corrected chi connectivity index (χ3v) is 3.88. The first-order valence-electron chi connectivity index (χ1n) is 7.06. The van der Waals surface area contributed by atoms with Gasteiger partial charge >= 0.3 is 0 Å². The van der Waals surface area contributed by atoms with Gasteiger partial charge < -0.3 is 19.1 Å². The number of rotatable bonds is 3. The van der Waals surface area contributed by atoms with Gasteiger partial charge in [-0.1, -0.05) is 23.7 Å². The van der Waals surface area contributed by atoms with Gasteiger partial charge in [-0.05, 0) is 18.2 Å². The van der Waals surface area contributed by atoms with E-state index in [0.717, 1.165) is 5.56 Å². The standard InChI is InChI=1S/C17H16ClNO4/c1-21-14-6-4-3-5-13(14)19-9-11-7-12(18)8-15(22-2)17(11)23-10-16(19)20/h3-8H,9-10H2,1-2H3. The third-order valence-electron chi connectivity index (χ3n) is 3.66. The van der Waals surface area contributed by atoms with Crippen LogP contribution < -0.4 is 19.1 Å². The number of amides is 1. The molecule has 1 aliphatic heterocycles. The Hall–Kier alpha value is -2.40. The van der Waals surface area contributed by atoms with E-state index in [1.54, 1.807) is 31.3 Å². The van der Waals surface area contributed by atoms with Crippen LogP contribution >= 0.6 is 11.6 Å². The first-order chi connectivity index (χ1) is 11.1. The van der Waals surface area contributed by atoms with Gasteiger partial charge in [0.25, 0.3) is 5.91 Å². The van der Waals surface area contributed by atoms with Crippen LogP contribution in [-0.2, 0) is 11.3 Å². The Bertz CT molecular complexity index is 747. The van der Waals surface area contributed by atoms with Crippen molar-refractivity contribution in [2.75, 3.05) is 25.7 Å². The Morgan fingerprint density at radius 3 is 2.61 bits per heavy atom. The molecule has 2 aromatic carbocycles. The molecular formula is C17H16ClNO4. The van der Waals surface area contributed by atoms with Crippen molar-refractivity contribution < 1.29 is 19.0 Å². The van der Waals surface area contributed by atoms with Crippen LogP contribution in [0.5, 0.6) is 17.2 Å². The van der Waals surface area contributed by atoms with Gasteiger partial charge in [0.2, 0.25) is 0 Å². The first-order valence-corrected chi connectivity index (χ1v) is 7.44. The second-order valence-electron chi connectivity index (χ2n) is 5.04. The lowest BCUT2D eigenvalue weighted by atomic mass is 10.1. The van der Waals surface area contributed by atoms with E-state index in [1.165, 1.54) is 0 Å². The maximum Gasteiger partial charge on any atom is 0.265 e. The van der Waals surface area contributed by atoms with Crippen LogP contribution in [0.25, 0.3) is 0 Å². The SMILES string of the molecule is COc1ccccc1N1Cc2cc(Cl)cc(OC)c2OCC1=O. The maximum atomic E-state index is 12.5. The molecule has 0 atom stereocenters. The Morgan fingerprint density at radius 2 is 1.87 bits per heavy atom. The fourth-order valence-corrected chi connectivity index (χ4v) is 2.83. The van der Waals surface area contributed by atoms with Gasteiger partial charge in [-0.3, -0.25) is 4.79 Å². The van der Waals surface area contributed by atoms with Crippen LogP contribution in [0.4, 0.5) is 5.69 Å². The monoisotopic (exact) mass is 333 g/mol. The minimum atomic E-state index is -0.163. The molecule has 5 nitrogen and oxygen atoms in total. The zero-order valence-corrected chi connectivity index (χ0v) is 13.6. The number of carbonyl (C=O) groups excluding carboxylic acids is 1. The van der Waals surface area contributed by atoms with Crippen LogP contribution in [0.15, 0.2) is 36.4 Å². The normalized spacial score (nSPS) is 13.9. The molecule has 2 aromatic rings. The topological polar surface area (TPSA) is 48.0 Å². The molecule has 0 N–H and O–H groups in total. The Kier molecular flexibility index (Phi) is 4.30. The number of nitrogens with zero attached hydrogens (tertiary/aromatic N) is 1. The molecule has 1 heterocycles. The molecule has 0 bridgehead atoms. The smallest absolute Gasteiger partial charge is 0.265 e. The third kappa shape index (κ3) is 2.92. The van der Waals surface area contributed by atoms with E-state index in [0.29, 0.717) is 34.5 Å². The fraction of sp³-hybridized carbons (Fsp3) is 0.235. The van der Waals surface area contributed by atoms with E-state index in [-0.39, 0.29) is 12.5 Å². The Morgan fingerprint density at radius 1 is 1.13 bits per heavy atom. The average Bonchev–Trinajstić information content (AvgIpc) is 2.73. The van der Waals surface area contributed by atoms with Gasteiger partial charge in [-0.15, -0.1) is 0 Å². The Balaban J connectivity index is 2.07. The van der Waals surface area contributed by atoms with E-state index in [9.17, 15) is 4.79 Å². The summed E-state index contributed by atoms with van der Waals surface area (Å²) < 4.78 is 16.3. The predicted molar refractivity (Wildman–Crippen MR) is 87.7 cm³/mol. The summed E-state index contributed by atoms with van der Waals surface area (Å²) in [4.78, 5) is 14.1. The Labute approximate surface area is 139 Å². The molecule has 23 heavy (non-hydrogen) atoms. The maximum absolute atomic E-state index is 12.5. The largest absolute Gasteiger partial charge is 0.495 e. The van der Waals surface area contributed by atoms with Crippen molar-refractivity contribution in [3.05, 3.63) is 47.0 Å². The highest BCUT2D eigenvalue weighted by molar-refractivity contribution is 6.30. The van der Waals surface area contributed by atoms with E-state index >= 15 is 0 Å². The van der Waals surface area contributed by atoms with E-state index in [4.69, 9.17) is 25.8 Å². The quantitative estimate of drug-likeness (QED) is 0.865. The molecule has 1 amide bonds. The second-order valence-corrected chi connectivity index (χ2v) is 5.47. The highest BCUT2D eigenvalue weighted by Gasteiger charge is 2.27. The lowest BCUT2D eigenvalue weighted by Crippen LogP contribution is -2.32. The number of anilines is 1. The summed E-state index contributed by atoms with van der Waals surface area (Å²) in [6.45, 7) is 0.245. The zero-order chi connectivity index (χ0) is 16.4. The summed E-state index contributed by atoms with van der Waals surface area (Å²) in [5.74, 6) is 1.52. The van der Waals surface area contributed by atoms with E-state index in [1.807, 2.05) is 24.3 Å². The lowest BCUT2D eigenvalue weighted by molar-refractivity contribution is -0.120. The molecule has 6 heteroatoms. The molecular weight excluding hydrogens is 318 g/mol. The summed E-state index contributed by atoms with van der Waals surface area (Å²) in [7, 11) is 3.12. The number of halogens is 1. The summed E-state index contributed by atoms with van der Waals surface area (Å²) in [5.41, 5.74) is 1.47. The van der Waals surface area contributed by atoms with Gasteiger partial charge in [0.15, 0.2) is 18.1 Å². The molecule has 0 saturated heterocycles.